The molecule has 0 aliphatic heterocycles. The maximum Gasteiger partial charge on any atom is 0.138 e. The molecule has 0 spiro atoms. The number of rotatable bonds is 3. The number of nitrogens with zero attached hydrogens (tertiary/aromatic N) is 1. The van der Waals surface area contributed by atoms with Crippen LogP contribution in [0.25, 0.3) is 33.2 Å². The first-order valence-electron chi connectivity index (χ1n) is 8.26. The van der Waals surface area contributed by atoms with E-state index >= 15 is 0 Å². The largest absolute Gasteiger partial charge is 0.361 e. The summed E-state index contributed by atoms with van der Waals surface area (Å²) in [4.78, 5) is 13.6. The lowest BCUT2D eigenvalue weighted by molar-refractivity contribution is 1.32. The normalized spacial score (nSPS) is 11.4. The van der Waals surface area contributed by atoms with Crippen LogP contribution in [0.1, 0.15) is 0 Å². The maximum atomic E-state index is 6.04. The van der Waals surface area contributed by atoms with Crippen LogP contribution in [0.15, 0.2) is 82.8 Å². The summed E-state index contributed by atoms with van der Waals surface area (Å²) >= 11 is 7.76. The molecule has 0 unspecified atom stereocenters. The molecule has 3 heterocycles. The molecule has 126 valence electrons. The molecule has 2 aromatic carbocycles. The minimum absolute atomic E-state index is 0.743. The molecular formula is C21H14ClN3S. The molecule has 5 aromatic rings. The van der Waals surface area contributed by atoms with Crippen LogP contribution in [0.3, 0.4) is 0 Å². The highest BCUT2D eigenvalue weighted by Crippen LogP contribution is 2.42. The molecule has 5 heteroatoms. The van der Waals surface area contributed by atoms with Gasteiger partial charge in [-0.3, -0.25) is 0 Å². The Balaban J connectivity index is 1.74. The number of benzene rings is 2. The Morgan fingerprint density at radius 3 is 2.65 bits per heavy atom. The van der Waals surface area contributed by atoms with Crippen LogP contribution < -0.4 is 0 Å². The molecule has 0 fully saturated rings. The van der Waals surface area contributed by atoms with E-state index in [0.29, 0.717) is 0 Å². The van der Waals surface area contributed by atoms with Crippen molar-refractivity contribution in [1.29, 1.82) is 0 Å². The molecule has 2 N–H and O–H groups in total. The molecule has 26 heavy (non-hydrogen) atoms. The van der Waals surface area contributed by atoms with Gasteiger partial charge in [-0.25, -0.2) is 4.98 Å². The van der Waals surface area contributed by atoms with Gasteiger partial charge in [0.25, 0.3) is 0 Å². The Kier molecular flexibility index (Phi) is 3.73. The van der Waals surface area contributed by atoms with E-state index in [1.807, 2.05) is 42.7 Å². The molecule has 0 aliphatic rings. The van der Waals surface area contributed by atoms with Crippen molar-refractivity contribution in [2.75, 3.05) is 0 Å². The van der Waals surface area contributed by atoms with Gasteiger partial charge in [0.05, 0.1) is 5.69 Å². The molecule has 0 saturated carbocycles. The summed E-state index contributed by atoms with van der Waals surface area (Å²) in [6.07, 6.45) is 3.79. The average Bonchev–Trinajstić information content (AvgIpc) is 3.28. The van der Waals surface area contributed by atoms with Crippen LogP contribution in [-0.2, 0) is 0 Å². The van der Waals surface area contributed by atoms with Gasteiger partial charge < -0.3 is 9.97 Å². The quantitative estimate of drug-likeness (QED) is 0.377. The zero-order valence-electron chi connectivity index (χ0n) is 13.7. The third kappa shape index (κ3) is 2.59. The zero-order chi connectivity index (χ0) is 17.5. The van der Waals surface area contributed by atoms with Crippen molar-refractivity contribution in [1.82, 2.24) is 15.0 Å². The second-order valence-corrected chi connectivity index (χ2v) is 7.55. The molecule has 0 radical (unpaired) electrons. The summed E-state index contributed by atoms with van der Waals surface area (Å²) in [5.74, 6) is 0. The molecule has 0 amide bonds. The lowest BCUT2D eigenvalue weighted by Gasteiger charge is -2.07. The van der Waals surface area contributed by atoms with E-state index in [2.05, 4.69) is 45.3 Å². The summed E-state index contributed by atoms with van der Waals surface area (Å²) in [5.41, 5.74) is 4.27. The highest BCUT2D eigenvalue weighted by Gasteiger charge is 2.17. The van der Waals surface area contributed by atoms with E-state index in [4.69, 9.17) is 11.6 Å². The van der Waals surface area contributed by atoms with Gasteiger partial charge in [-0.05, 0) is 48.5 Å². The summed E-state index contributed by atoms with van der Waals surface area (Å²) < 4.78 is 0. The SMILES string of the molecule is Clc1ccc(Sc2c(-c3cccc4[nH]ccc34)[nH]c3ncccc23)cc1. The van der Waals surface area contributed by atoms with Gasteiger partial charge >= 0.3 is 0 Å². The highest BCUT2D eigenvalue weighted by molar-refractivity contribution is 7.99. The molecule has 0 bridgehead atoms. The van der Waals surface area contributed by atoms with E-state index in [9.17, 15) is 0 Å². The Labute approximate surface area is 159 Å². The Bertz CT molecular complexity index is 1220. The Hall–Kier alpha value is -2.69. The molecule has 5 rings (SSSR count). The van der Waals surface area contributed by atoms with Crippen LogP contribution in [-0.4, -0.2) is 15.0 Å². The number of hydrogen-bond acceptors (Lipinski definition) is 2. The number of halogens is 1. The number of aromatic nitrogens is 3. The minimum atomic E-state index is 0.743. The fourth-order valence-electron chi connectivity index (χ4n) is 3.22. The first-order valence-corrected chi connectivity index (χ1v) is 9.45. The summed E-state index contributed by atoms with van der Waals surface area (Å²) in [6.45, 7) is 0. The number of H-pyrrole nitrogens is 2. The monoisotopic (exact) mass is 375 g/mol. The van der Waals surface area contributed by atoms with E-state index in [0.717, 1.165) is 32.2 Å². The lowest BCUT2D eigenvalue weighted by Crippen LogP contribution is -1.82. The molecule has 3 nitrogen and oxygen atoms in total. The van der Waals surface area contributed by atoms with E-state index in [-0.39, 0.29) is 0 Å². The number of hydrogen-bond donors (Lipinski definition) is 2. The van der Waals surface area contributed by atoms with E-state index in [1.165, 1.54) is 15.8 Å². The summed E-state index contributed by atoms with van der Waals surface area (Å²) in [7, 11) is 0. The number of fused-ring (bicyclic) bond motifs is 2. The lowest BCUT2D eigenvalue weighted by atomic mass is 10.1. The van der Waals surface area contributed by atoms with Crippen molar-refractivity contribution >= 4 is 45.3 Å². The van der Waals surface area contributed by atoms with Crippen molar-refractivity contribution in [2.24, 2.45) is 0 Å². The van der Waals surface area contributed by atoms with Crippen molar-refractivity contribution in [2.45, 2.75) is 9.79 Å². The molecule has 0 saturated heterocycles. The fourth-order valence-corrected chi connectivity index (χ4v) is 4.39. The van der Waals surface area contributed by atoms with Crippen LogP contribution in [0, 0.1) is 0 Å². The maximum absolute atomic E-state index is 6.04. The molecule has 0 aliphatic carbocycles. The third-order valence-electron chi connectivity index (χ3n) is 4.42. The van der Waals surface area contributed by atoms with Crippen molar-refractivity contribution < 1.29 is 0 Å². The van der Waals surface area contributed by atoms with Crippen LogP contribution in [0.4, 0.5) is 0 Å². The molecular weight excluding hydrogens is 362 g/mol. The minimum Gasteiger partial charge on any atom is -0.361 e. The van der Waals surface area contributed by atoms with Crippen molar-refractivity contribution in [3.63, 3.8) is 0 Å². The molecule has 3 aromatic heterocycles. The number of aromatic amines is 2. The standard InChI is InChI=1S/C21H14ClN3S/c22-13-6-8-14(9-7-13)26-20-17-4-2-11-24-21(17)25-19(20)16-3-1-5-18-15(16)10-12-23-18/h1-12,23H,(H,24,25). The van der Waals surface area contributed by atoms with Gasteiger partial charge in [0, 0.05) is 49.1 Å². The fraction of sp³-hybridized carbons (Fsp3) is 0. The van der Waals surface area contributed by atoms with Gasteiger partial charge in [0.1, 0.15) is 5.65 Å². The van der Waals surface area contributed by atoms with Crippen molar-refractivity contribution in [3.05, 3.63) is 78.1 Å². The third-order valence-corrected chi connectivity index (χ3v) is 5.81. The van der Waals surface area contributed by atoms with Gasteiger partial charge in [0.2, 0.25) is 0 Å². The summed E-state index contributed by atoms with van der Waals surface area (Å²) in [5, 5.41) is 3.05. The summed E-state index contributed by atoms with van der Waals surface area (Å²) in [6, 6.07) is 20.4. The van der Waals surface area contributed by atoms with Crippen LogP contribution in [0.5, 0.6) is 0 Å². The Morgan fingerprint density at radius 2 is 1.77 bits per heavy atom. The van der Waals surface area contributed by atoms with Crippen LogP contribution >= 0.6 is 23.4 Å². The highest BCUT2D eigenvalue weighted by atomic mass is 35.5. The first-order chi connectivity index (χ1) is 12.8. The second-order valence-electron chi connectivity index (χ2n) is 6.03. The Morgan fingerprint density at radius 1 is 0.885 bits per heavy atom. The predicted octanol–water partition coefficient (Wildman–Crippen LogP) is 6.52. The van der Waals surface area contributed by atoms with Gasteiger partial charge in [0.15, 0.2) is 0 Å². The number of nitrogens with one attached hydrogen (secondary N) is 2. The van der Waals surface area contributed by atoms with Crippen molar-refractivity contribution in [3.8, 4) is 11.3 Å². The van der Waals surface area contributed by atoms with Gasteiger partial charge in [-0.15, -0.1) is 0 Å². The van der Waals surface area contributed by atoms with Crippen LogP contribution in [0.2, 0.25) is 5.02 Å². The van der Waals surface area contributed by atoms with Gasteiger partial charge in [-0.1, -0.05) is 35.5 Å². The predicted molar refractivity (Wildman–Crippen MR) is 109 cm³/mol. The molecule has 0 atom stereocenters. The van der Waals surface area contributed by atoms with E-state index < -0.39 is 0 Å². The van der Waals surface area contributed by atoms with Gasteiger partial charge in [-0.2, -0.15) is 0 Å². The second kappa shape index (κ2) is 6.24. The zero-order valence-corrected chi connectivity index (χ0v) is 15.2. The smallest absolute Gasteiger partial charge is 0.138 e. The topological polar surface area (TPSA) is 44.5 Å². The first kappa shape index (κ1) is 15.6. The van der Waals surface area contributed by atoms with E-state index in [1.54, 1.807) is 11.8 Å². The average molecular weight is 376 g/mol. The number of pyridine rings is 1.